The van der Waals surface area contributed by atoms with Crippen molar-refractivity contribution < 1.29 is 4.79 Å². The van der Waals surface area contributed by atoms with Crippen molar-refractivity contribution in [1.29, 1.82) is 0 Å². The van der Waals surface area contributed by atoms with E-state index in [0.29, 0.717) is 12.5 Å². The molecule has 1 aliphatic rings. The molecule has 0 atom stereocenters. The molecular formula is C13H18N2O. The molecule has 86 valence electrons. The van der Waals surface area contributed by atoms with Crippen molar-refractivity contribution in [2.24, 2.45) is 5.92 Å². The molecule has 0 spiro atoms. The molecule has 0 bridgehead atoms. The van der Waals surface area contributed by atoms with Crippen LogP contribution >= 0.6 is 0 Å². The van der Waals surface area contributed by atoms with Crippen LogP contribution in [0.1, 0.15) is 24.8 Å². The second-order valence-corrected chi connectivity index (χ2v) is 4.35. The lowest BCUT2D eigenvalue weighted by atomic mass is 9.85. The van der Waals surface area contributed by atoms with E-state index >= 15 is 0 Å². The summed E-state index contributed by atoms with van der Waals surface area (Å²) < 4.78 is 0. The number of carbonyl (C=O) groups excluding carboxylic acids is 1. The molecule has 0 aromatic heterocycles. The number of benzene rings is 1. The summed E-state index contributed by atoms with van der Waals surface area (Å²) >= 11 is 0. The normalized spacial score (nSPS) is 15.2. The minimum Gasteiger partial charge on any atom is -0.338 e. The second-order valence-electron chi connectivity index (χ2n) is 4.35. The van der Waals surface area contributed by atoms with E-state index in [1.807, 2.05) is 30.3 Å². The van der Waals surface area contributed by atoms with Crippen LogP contribution < -0.4 is 10.6 Å². The predicted molar refractivity (Wildman–Crippen MR) is 64.0 cm³/mol. The van der Waals surface area contributed by atoms with Crippen LogP contribution in [0.5, 0.6) is 0 Å². The predicted octanol–water partition coefficient (Wildman–Crippen LogP) is 2.29. The van der Waals surface area contributed by atoms with Crippen LogP contribution in [0.25, 0.3) is 0 Å². The van der Waals surface area contributed by atoms with Crippen molar-refractivity contribution in [3.05, 3.63) is 35.9 Å². The van der Waals surface area contributed by atoms with E-state index < -0.39 is 0 Å². The van der Waals surface area contributed by atoms with Gasteiger partial charge in [-0.15, -0.1) is 0 Å². The average molecular weight is 218 g/mol. The highest BCUT2D eigenvalue weighted by Gasteiger charge is 2.17. The van der Waals surface area contributed by atoms with Gasteiger partial charge in [-0.1, -0.05) is 36.8 Å². The Morgan fingerprint density at radius 2 is 1.94 bits per heavy atom. The summed E-state index contributed by atoms with van der Waals surface area (Å²) in [4.78, 5) is 11.4. The zero-order chi connectivity index (χ0) is 11.2. The number of amides is 2. The molecule has 0 saturated heterocycles. The Bertz CT molecular complexity index is 333. The molecule has 0 aliphatic heterocycles. The minimum absolute atomic E-state index is 0.0595. The SMILES string of the molecule is O=C(NCc1ccccc1)NCC1CCC1. The zero-order valence-corrected chi connectivity index (χ0v) is 9.41. The Kier molecular flexibility index (Phi) is 3.81. The first-order chi connectivity index (χ1) is 7.84. The molecule has 2 amide bonds. The van der Waals surface area contributed by atoms with Crippen LogP contribution in [0.3, 0.4) is 0 Å². The first-order valence-electron chi connectivity index (χ1n) is 5.90. The van der Waals surface area contributed by atoms with E-state index in [-0.39, 0.29) is 6.03 Å². The van der Waals surface area contributed by atoms with Gasteiger partial charge in [0.2, 0.25) is 0 Å². The maximum absolute atomic E-state index is 11.4. The van der Waals surface area contributed by atoms with E-state index in [0.717, 1.165) is 12.1 Å². The molecule has 1 aliphatic carbocycles. The zero-order valence-electron chi connectivity index (χ0n) is 9.41. The fraction of sp³-hybridized carbons (Fsp3) is 0.462. The lowest BCUT2D eigenvalue weighted by Gasteiger charge is -2.25. The first kappa shape index (κ1) is 11.0. The summed E-state index contributed by atoms with van der Waals surface area (Å²) in [5.41, 5.74) is 1.13. The van der Waals surface area contributed by atoms with Gasteiger partial charge in [-0.25, -0.2) is 4.79 Å². The fourth-order valence-electron chi connectivity index (χ4n) is 1.77. The molecule has 1 fully saturated rings. The van der Waals surface area contributed by atoms with Gasteiger partial charge >= 0.3 is 6.03 Å². The van der Waals surface area contributed by atoms with Gasteiger partial charge in [-0.3, -0.25) is 0 Å². The third-order valence-electron chi connectivity index (χ3n) is 3.07. The third kappa shape index (κ3) is 3.26. The Morgan fingerprint density at radius 1 is 1.19 bits per heavy atom. The van der Waals surface area contributed by atoms with Crippen molar-refractivity contribution in [3.8, 4) is 0 Å². The van der Waals surface area contributed by atoms with Gasteiger partial charge < -0.3 is 10.6 Å². The molecule has 0 heterocycles. The maximum atomic E-state index is 11.4. The molecular weight excluding hydrogens is 200 g/mol. The molecule has 0 radical (unpaired) electrons. The van der Waals surface area contributed by atoms with Gasteiger partial charge in [0.1, 0.15) is 0 Å². The number of hydrogen-bond acceptors (Lipinski definition) is 1. The van der Waals surface area contributed by atoms with E-state index in [1.54, 1.807) is 0 Å². The van der Waals surface area contributed by atoms with Crippen LogP contribution in [-0.2, 0) is 6.54 Å². The van der Waals surface area contributed by atoms with Crippen LogP contribution in [0.4, 0.5) is 4.79 Å². The van der Waals surface area contributed by atoms with Crippen molar-refractivity contribution in [2.75, 3.05) is 6.54 Å². The highest BCUT2D eigenvalue weighted by molar-refractivity contribution is 5.73. The van der Waals surface area contributed by atoms with Crippen LogP contribution in [-0.4, -0.2) is 12.6 Å². The number of urea groups is 1. The molecule has 3 nitrogen and oxygen atoms in total. The van der Waals surface area contributed by atoms with Gasteiger partial charge in [-0.2, -0.15) is 0 Å². The lowest BCUT2D eigenvalue weighted by molar-refractivity contribution is 0.232. The first-order valence-corrected chi connectivity index (χ1v) is 5.90. The largest absolute Gasteiger partial charge is 0.338 e. The monoisotopic (exact) mass is 218 g/mol. The number of carbonyl (C=O) groups is 1. The van der Waals surface area contributed by atoms with E-state index in [2.05, 4.69) is 10.6 Å². The summed E-state index contributed by atoms with van der Waals surface area (Å²) in [5, 5.41) is 5.76. The quantitative estimate of drug-likeness (QED) is 0.799. The number of nitrogens with one attached hydrogen (secondary N) is 2. The molecule has 1 aromatic rings. The third-order valence-corrected chi connectivity index (χ3v) is 3.07. The lowest BCUT2D eigenvalue weighted by Crippen LogP contribution is -2.39. The topological polar surface area (TPSA) is 41.1 Å². The Morgan fingerprint density at radius 3 is 2.56 bits per heavy atom. The fourth-order valence-corrected chi connectivity index (χ4v) is 1.77. The number of rotatable bonds is 4. The summed E-state index contributed by atoms with van der Waals surface area (Å²) in [6.07, 6.45) is 3.84. The Balaban J connectivity index is 1.63. The molecule has 2 N–H and O–H groups in total. The van der Waals surface area contributed by atoms with Crippen LogP contribution in [0.2, 0.25) is 0 Å². The molecule has 0 unspecified atom stereocenters. The van der Waals surface area contributed by atoms with Gasteiger partial charge in [0.05, 0.1) is 0 Å². The summed E-state index contributed by atoms with van der Waals surface area (Å²) in [6.45, 7) is 1.41. The molecule has 3 heteroatoms. The average Bonchev–Trinajstić information content (AvgIpc) is 2.26. The second kappa shape index (κ2) is 5.54. The molecule has 1 saturated carbocycles. The van der Waals surface area contributed by atoms with E-state index in [9.17, 15) is 4.79 Å². The summed E-state index contributed by atoms with van der Waals surface area (Å²) in [7, 11) is 0. The van der Waals surface area contributed by atoms with Crippen LogP contribution in [0, 0.1) is 5.92 Å². The summed E-state index contributed by atoms with van der Waals surface area (Å²) in [5.74, 6) is 0.711. The van der Waals surface area contributed by atoms with Crippen LogP contribution in [0.15, 0.2) is 30.3 Å². The maximum Gasteiger partial charge on any atom is 0.315 e. The smallest absolute Gasteiger partial charge is 0.315 e. The van der Waals surface area contributed by atoms with Crippen molar-refractivity contribution in [3.63, 3.8) is 0 Å². The Labute approximate surface area is 96.2 Å². The van der Waals surface area contributed by atoms with Gasteiger partial charge in [0.15, 0.2) is 0 Å². The molecule has 2 rings (SSSR count). The molecule has 1 aromatic carbocycles. The van der Waals surface area contributed by atoms with Crippen molar-refractivity contribution >= 4 is 6.03 Å². The van der Waals surface area contributed by atoms with E-state index in [4.69, 9.17) is 0 Å². The summed E-state index contributed by atoms with van der Waals surface area (Å²) in [6, 6.07) is 9.88. The number of hydrogen-bond donors (Lipinski definition) is 2. The van der Waals surface area contributed by atoms with E-state index in [1.165, 1.54) is 19.3 Å². The van der Waals surface area contributed by atoms with Gasteiger partial charge in [0, 0.05) is 13.1 Å². The van der Waals surface area contributed by atoms with Crippen molar-refractivity contribution in [2.45, 2.75) is 25.8 Å². The van der Waals surface area contributed by atoms with Gasteiger partial charge in [-0.05, 0) is 24.3 Å². The molecule has 16 heavy (non-hydrogen) atoms. The highest BCUT2D eigenvalue weighted by atomic mass is 16.2. The standard InChI is InChI=1S/C13H18N2O/c16-13(15-10-12-7-4-8-12)14-9-11-5-2-1-3-6-11/h1-3,5-6,12H,4,7-10H2,(H2,14,15,16). The highest BCUT2D eigenvalue weighted by Crippen LogP contribution is 2.24. The van der Waals surface area contributed by atoms with Crippen molar-refractivity contribution in [1.82, 2.24) is 10.6 Å². The Hall–Kier alpha value is -1.51. The minimum atomic E-state index is -0.0595. The van der Waals surface area contributed by atoms with Gasteiger partial charge in [0.25, 0.3) is 0 Å².